The zero-order valence-electron chi connectivity index (χ0n) is 9.71. The molecular formula is C11H13F3N2O2. The number of hydrogen-bond donors (Lipinski definition) is 2. The Balaban J connectivity index is 2.82. The molecule has 1 heterocycles. The summed E-state index contributed by atoms with van der Waals surface area (Å²) in [5, 5.41) is 11.0. The van der Waals surface area contributed by atoms with Gasteiger partial charge in [0.15, 0.2) is 0 Å². The van der Waals surface area contributed by atoms with Gasteiger partial charge in [-0.1, -0.05) is 0 Å². The van der Waals surface area contributed by atoms with Crippen LogP contribution in [-0.4, -0.2) is 29.1 Å². The number of rotatable bonds is 4. The topological polar surface area (TPSA) is 62.2 Å². The van der Waals surface area contributed by atoms with Gasteiger partial charge in [-0.3, -0.25) is 4.79 Å². The number of carbonyl (C=O) groups is 1. The first-order valence-corrected chi connectivity index (χ1v) is 5.30. The molecule has 1 amide bonds. The molecule has 100 valence electrons. The van der Waals surface area contributed by atoms with Crippen LogP contribution in [0.1, 0.15) is 28.2 Å². The molecule has 0 bridgehead atoms. The number of pyridine rings is 1. The number of amides is 1. The van der Waals surface area contributed by atoms with Crippen molar-refractivity contribution in [2.45, 2.75) is 19.5 Å². The number of aliphatic hydroxyl groups is 1. The van der Waals surface area contributed by atoms with Crippen LogP contribution in [0.15, 0.2) is 12.1 Å². The largest absolute Gasteiger partial charge is 0.433 e. The van der Waals surface area contributed by atoms with E-state index in [2.05, 4.69) is 10.3 Å². The van der Waals surface area contributed by atoms with Crippen molar-refractivity contribution in [3.8, 4) is 0 Å². The van der Waals surface area contributed by atoms with Gasteiger partial charge < -0.3 is 10.4 Å². The molecule has 0 saturated heterocycles. The monoisotopic (exact) mass is 262 g/mol. The number of nitrogens with one attached hydrogen (secondary N) is 1. The summed E-state index contributed by atoms with van der Waals surface area (Å²) < 4.78 is 37.1. The molecule has 1 rings (SSSR count). The van der Waals surface area contributed by atoms with Gasteiger partial charge in [-0.15, -0.1) is 0 Å². The van der Waals surface area contributed by atoms with Crippen molar-refractivity contribution in [2.24, 2.45) is 0 Å². The van der Waals surface area contributed by atoms with Crippen molar-refractivity contribution >= 4 is 5.91 Å². The van der Waals surface area contributed by atoms with Gasteiger partial charge >= 0.3 is 6.18 Å². The summed E-state index contributed by atoms with van der Waals surface area (Å²) in [6.07, 6.45) is -4.13. The summed E-state index contributed by atoms with van der Waals surface area (Å²) in [5.74, 6) is -0.498. The maximum Gasteiger partial charge on any atom is 0.433 e. The molecule has 0 atom stereocenters. The van der Waals surface area contributed by atoms with E-state index in [4.69, 9.17) is 5.11 Å². The SMILES string of the molecule is Cc1nc(C(F)(F)F)ccc1C(=O)NCCCO. The van der Waals surface area contributed by atoms with E-state index in [1.54, 1.807) is 0 Å². The molecular weight excluding hydrogens is 249 g/mol. The maximum absolute atomic E-state index is 12.4. The second-order valence-corrected chi connectivity index (χ2v) is 3.66. The van der Waals surface area contributed by atoms with Crippen LogP contribution in [0.5, 0.6) is 0 Å². The van der Waals surface area contributed by atoms with Crippen LogP contribution < -0.4 is 5.32 Å². The lowest BCUT2D eigenvalue weighted by Gasteiger charge is -2.10. The van der Waals surface area contributed by atoms with Gasteiger partial charge in [-0.2, -0.15) is 13.2 Å². The first-order valence-electron chi connectivity index (χ1n) is 5.30. The highest BCUT2D eigenvalue weighted by Crippen LogP contribution is 2.28. The summed E-state index contributed by atoms with van der Waals surface area (Å²) in [6.45, 7) is 1.54. The van der Waals surface area contributed by atoms with Crippen molar-refractivity contribution < 1.29 is 23.1 Å². The Bertz CT molecular complexity index is 433. The summed E-state index contributed by atoms with van der Waals surface area (Å²) >= 11 is 0. The molecule has 0 aliphatic heterocycles. The van der Waals surface area contributed by atoms with Crippen molar-refractivity contribution in [3.05, 3.63) is 29.1 Å². The second-order valence-electron chi connectivity index (χ2n) is 3.66. The molecule has 0 spiro atoms. The van der Waals surface area contributed by atoms with E-state index >= 15 is 0 Å². The average Bonchev–Trinajstić information content (AvgIpc) is 2.27. The van der Waals surface area contributed by atoms with Gasteiger partial charge in [0.25, 0.3) is 5.91 Å². The number of alkyl halides is 3. The van der Waals surface area contributed by atoms with Crippen molar-refractivity contribution in [3.63, 3.8) is 0 Å². The van der Waals surface area contributed by atoms with Gasteiger partial charge in [-0.25, -0.2) is 4.98 Å². The highest BCUT2D eigenvalue weighted by Gasteiger charge is 2.32. The van der Waals surface area contributed by atoms with Crippen LogP contribution >= 0.6 is 0 Å². The van der Waals surface area contributed by atoms with Crippen molar-refractivity contribution in [1.82, 2.24) is 10.3 Å². The molecule has 0 unspecified atom stereocenters. The minimum Gasteiger partial charge on any atom is -0.396 e. The van der Waals surface area contributed by atoms with E-state index in [-0.39, 0.29) is 24.4 Å². The predicted octanol–water partition coefficient (Wildman–Crippen LogP) is 1.52. The molecule has 1 aromatic rings. The standard InChI is InChI=1S/C11H13F3N2O2/c1-7-8(10(18)15-5-2-6-17)3-4-9(16-7)11(12,13)14/h3-4,17H,2,5-6H2,1H3,(H,15,18). The number of hydrogen-bond acceptors (Lipinski definition) is 3. The third kappa shape index (κ3) is 3.69. The molecule has 4 nitrogen and oxygen atoms in total. The number of aromatic nitrogens is 1. The predicted molar refractivity (Wildman–Crippen MR) is 58.0 cm³/mol. The molecule has 0 aliphatic carbocycles. The van der Waals surface area contributed by atoms with E-state index in [0.717, 1.165) is 12.1 Å². The fraction of sp³-hybridized carbons (Fsp3) is 0.455. The molecule has 0 radical (unpaired) electrons. The summed E-state index contributed by atoms with van der Waals surface area (Å²) in [7, 11) is 0. The van der Waals surface area contributed by atoms with E-state index in [1.807, 2.05) is 0 Å². The first-order chi connectivity index (χ1) is 8.36. The van der Waals surface area contributed by atoms with Gasteiger partial charge in [0, 0.05) is 13.2 Å². The fourth-order valence-corrected chi connectivity index (χ4v) is 1.34. The Kier molecular flexibility index (Phi) is 4.66. The number of nitrogens with zero attached hydrogens (tertiary/aromatic N) is 1. The molecule has 0 saturated carbocycles. The zero-order chi connectivity index (χ0) is 13.8. The van der Waals surface area contributed by atoms with Crippen LogP contribution in [0.4, 0.5) is 13.2 Å². The second kappa shape index (κ2) is 5.81. The quantitative estimate of drug-likeness (QED) is 0.809. The first kappa shape index (κ1) is 14.4. The van der Waals surface area contributed by atoms with E-state index in [0.29, 0.717) is 6.42 Å². The van der Waals surface area contributed by atoms with Crippen LogP contribution in [0.25, 0.3) is 0 Å². The summed E-state index contributed by atoms with van der Waals surface area (Å²) in [4.78, 5) is 14.9. The smallest absolute Gasteiger partial charge is 0.396 e. The van der Waals surface area contributed by atoms with Gasteiger partial charge in [-0.05, 0) is 25.5 Å². The lowest BCUT2D eigenvalue weighted by atomic mass is 10.1. The Morgan fingerprint density at radius 3 is 2.61 bits per heavy atom. The number of aliphatic hydroxyl groups excluding tert-OH is 1. The lowest BCUT2D eigenvalue weighted by Crippen LogP contribution is -2.26. The van der Waals surface area contributed by atoms with Crippen LogP contribution in [0.2, 0.25) is 0 Å². The Hall–Kier alpha value is -1.63. The summed E-state index contributed by atoms with van der Waals surface area (Å²) in [5.41, 5.74) is -0.904. The average molecular weight is 262 g/mol. The van der Waals surface area contributed by atoms with Crippen LogP contribution in [0, 0.1) is 6.92 Å². The highest BCUT2D eigenvalue weighted by atomic mass is 19.4. The third-order valence-corrected chi connectivity index (χ3v) is 2.24. The fourth-order valence-electron chi connectivity index (χ4n) is 1.34. The highest BCUT2D eigenvalue weighted by molar-refractivity contribution is 5.95. The molecule has 1 aromatic heterocycles. The third-order valence-electron chi connectivity index (χ3n) is 2.24. The number of halogens is 3. The van der Waals surface area contributed by atoms with Crippen LogP contribution in [0.3, 0.4) is 0 Å². The lowest BCUT2D eigenvalue weighted by molar-refractivity contribution is -0.141. The van der Waals surface area contributed by atoms with E-state index in [1.165, 1.54) is 6.92 Å². The molecule has 0 aliphatic rings. The van der Waals surface area contributed by atoms with E-state index in [9.17, 15) is 18.0 Å². The zero-order valence-corrected chi connectivity index (χ0v) is 9.71. The minimum atomic E-state index is -4.52. The van der Waals surface area contributed by atoms with E-state index < -0.39 is 17.8 Å². The Morgan fingerprint density at radius 1 is 1.44 bits per heavy atom. The normalized spacial score (nSPS) is 11.4. The number of aryl methyl sites for hydroxylation is 1. The van der Waals surface area contributed by atoms with Crippen molar-refractivity contribution in [1.29, 1.82) is 0 Å². The minimum absolute atomic E-state index is 0.0197. The Morgan fingerprint density at radius 2 is 2.11 bits per heavy atom. The van der Waals surface area contributed by atoms with Gasteiger partial charge in [0.05, 0.1) is 11.3 Å². The van der Waals surface area contributed by atoms with Crippen LogP contribution in [-0.2, 0) is 6.18 Å². The number of carbonyl (C=O) groups excluding carboxylic acids is 1. The molecule has 7 heteroatoms. The Labute approximate surface area is 102 Å². The van der Waals surface area contributed by atoms with Gasteiger partial charge in [0.2, 0.25) is 0 Å². The molecule has 18 heavy (non-hydrogen) atoms. The molecule has 2 N–H and O–H groups in total. The molecule has 0 aromatic carbocycles. The molecule has 0 fully saturated rings. The maximum atomic E-state index is 12.4. The van der Waals surface area contributed by atoms with Gasteiger partial charge in [0.1, 0.15) is 5.69 Å². The van der Waals surface area contributed by atoms with Crippen molar-refractivity contribution in [2.75, 3.05) is 13.2 Å². The summed E-state index contributed by atoms with van der Waals surface area (Å²) in [6, 6.07) is 1.87.